The second-order valence-electron chi connectivity index (χ2n) is 5.50. The second kappa shape index (κ2) is 6.09. The van der Waals surface area contributed by atoms with Gasteiger partial charge in [-0.3, -0.25) is 4.79 Å². The van der Waals surface area contributed by atoms with Gasteiger partial charge in [-0.25, -0.2) is 0 Å². The summed E-state index contributed by atoms with van der Waals surface area (Å²) in [5.41, 5.74) is 13.1. The number of anilines is 1. The summed E-state index contributed by atoms with van der Waals surface area (Å²) in [7, 11) is 0. The van der Waals surface area contributed by atoms with E-state index in [1.807, 2.05) is 18.2 Å². The molecule has 6 heteroatoms. The van der Waals surface area contributed by atoms with Crippen LogP contribution in [-0.2, 0) is 4.79 Å². The number of benzene rings is 1. The number of rotatable bonds is 2. The third-order valence-electron chi connectivity index (χ3n) is 3.92. The van der Waals surface area contributed by atoms with Crippen LogP contribution in [-0.4, -0.2) is 31.6 Å². The molecule has 3 rings (SSSR count). The van der Waals surface area contributed by atoms with Crippen LogP contribution in [0.5, 0.6) is 5.75 Å². The molecule has 2 aliphatic rings. The van der Waals surface area contributed by atoms with Crippen molar-refractivity contribution in [3.8, 4) is 5.75 Å². The van der Waals surface area contributed by atoms with Crippen molar-refractivity contribution in [3.05, 3.63) is 29.3 Å². The molecule has 6 nitrogen and oxygen atoms in total. The smallest absolute Gasteiger partial charge is 0.276 e. The number of carbonyl (C=O) groups excluding carboxylic acids is 1. The molecule has 1 amide bonds. The summed E-state index contributed by atoms with van der Waals surface area (Å²) in [6.45, 7) is 2.53. The lowest BCUT2D eigenvalue weighted by molar-refractivity contribution is -0.114. The van der Waals surface area contributed by atoms with Gasteiger partial charge in [0.1, 0.15) is 5.75 Å². The molecule has 1 saturated heterocycles. The molecule has 0 saturated carbocycles. The van der Waals surface area contributed by atoms with Crippen LogP contribution in [0.15, 0.2) is 28.8 Å². The molecule has 1 aromatic carbocycles. The van der Waals surface area contributed by atoms with Crippen LogP contribution >= 0.6 is 0 Å². The minimum atomic E-state index is -0.400. The maximum Gasteiger partial charge on any atom is 0.276 e. The fraction of sp³-hybridized carbons (Fsp3) is 0.375. The van der Waals surface area contributed by atoms with Crippen LogP contribution in [0.1, 0.15) is 24.8 Å². The number of hydrogen-bond acceptors (Lipinski definition) is 3. The highest BCUT2D eigenvalue weighted by Crippen LogP contribution is 2.37. The van der Waals surface area contributed by atoms with Crippen molar-refractivity contribution < 1.29 is 9.53 Å². The molecule has 1 fully saturated rings. The third-order valence-corrected chi connectivity index (χ3v) is 3.92. The zero-order valence-electron chi connectivity index (χ0n) is 12.4. The zero-order chi connectivity index (χ0) is 15.5. The molecule has 0 aliphatic carbocycles. The number of para-hydroxylation sites is 1. The van der Waals surface area contributed by atoms with Crippen molar-refractivity contribution in [1.82, 2.24) is 0 Å². The molecule has 22 heavy (non-hydrogen) atoms. The van der Waals surface area contributed by atoms with Crippen LogP contribution < -0.4 is 21.1 Å². The number of guanidine groups is 1. The molecule has 0 bridgehead atoms. The van der Waals surface area contributed by atoms with E-state index in [2.05, 4.69) is 16.0 Å². The average Bonchev–Trinajstić information content (AvgIpc) is 2.91. The van der Waals surface area contributed by atoms with E-state index in [4.69, 9.17) is 16.2 Å². The first-order chi connectivity index (χ1) is 10.6. The highest BCUT2D eigenvalue weighted by Gasteiger charge is 2.21. The molecule has 0 aromatic heterocycles. The van der Waals surface area contributed by atoms with Crippen molar-refractivity contribution in [2.24, 2.45) is 16.5 Å². The Labute approximate surface area is 129 Å². The van der Waals surface area contributed by atoms with Gasteiger partial charge in [-0.2, -0.15) is 4.99 Å². The number of hydrogen-bond donors (Lipinski definition) is 2. The Bertz CT molecular complexity index is 642. The Balaban J connectivity index is 1.97. The Kier molecular flexibility index (Phi) is 4.00. The van der Waals surface area contributed by atoms with Crippen LogP contribution in [0.4, 0.5) is 5.69 Å². The van der Waals surface area contributed by atoms with E-state index in [-0.39, 0.29) is 5.96 Å². The van der Waals surface area contributed by atoms with Crippen molar-refractivity contribution >= 4 is 23.6 Å². The Morgan fingerprint density at radius 1 is 1.23 bits per heavy atom. The van der Waals surface area contributed by atoms with Crippen molar-refractivity contribution in [3.63, 3.8) is 0 Å². The van der Waals surface area contributed by atoms with E-state index in [1.54, 1.807) is 0 Å². The maximum atomic E-state index is 12.0. The van der Waals surface area contributed by atoms with Crippen LogP contribution in [0, 0.1) is 0 Å². The first-order valence-corrected chi connectivity index (χ1v) is 7.50. The highest BCUT2D eigenvalue weighted by atomic mass is 16.5. The maximum absolute atomic E-state index is 12.0. The quantitative estimate of drug-likeness (QED) is 0.633. The van der Waals surface area contributed by atoms with Crippen molar-refractivity contribution in [2.45, 2.75) is 19.3 Å². The Morgan fingerprint density at radius 2 is 2.00 bits per heavy atom. The van der Waals surface area contributed by atoms with Crippen LogP contribution in [0.3, 0.4) is 0 Å². The zero-order valence-corrected chi connectivity index (χ0v) is 12.4. The molecule has 116 valence electrons. The van der Waals surface area contributed by atoms with Crippen molar-refractivity contribution in [2.75, 3.05) is 24.6 Å². The molecule has 0 spiro atoms. The van der Waals surface area contributed by atoms with Crippen LogP contribution in [0.25, 0.3) is 6.08 Å². The topological polar surface area (TPSA) is 93.9 Å². The average molecular weight is 300 g/mol. The van der Waals surface area contributed by atoms with Gasteiger partial charge >= 0.3 is 0 Å². The molecule has 2 aliphatic heterocycles. The number of nitrogens with two attached hydrogens (primary N) is 2. The van der Waals surface area contributed by atoms with Gasteiger partial charge in [-0.15, -0.1) is 0 Å². The first kappa shape index (κ1) is 14.4. The van der Waals surface area contributed by atoms with Gasteiger partial charge in [0.15, 0.2) is 5.96 Å². The fourth-order valence-electron chi connectivity index (χ4n) is 2.90. The number of ether oxygens (including phenoxy) is 1. The van der Waals surface area contributed by atoms with Gasteiger partial charge in [0.25, 0.3) is 5.91 Å². The van der Waals surface area contributed by atoms with Gasteiger partial charge < -0.3 is 21.1 Å². The van der Waals surface area contributed by atoms with E-state index in [0.717, 1.165) is 30.1 Å². The summed E-state index contributed by atoms with van der Waals surface area (Å²) in [6, 6.07) is 6.00. The number of nitrogens with zero attached hydrogens (tertiary/aromatic N) is 2. The third kappa shape index (κ3) is 2.90. The van der Waals surface area contributed by atoms with E-state index in [1.165, 1.54) is 12.8 Å². The molecule has 1 aromatic rings. The number of fused-ring (bicyclic) bond motifs is 1. The van der Waals surface area contributed by atoms with Crippen molar-refractivity contribution in [1.29, 1.82) is 0 Å². The minimum absolute atomic E-state index is 0.220. The summed E-state index contributed by atoms with van der Waals surface area (Å²) in [5, 5.41) is 0. The summed E-state index contributed by atoms with van der Waals surface area (Å²) in [5.74, 6) is 0.224. The summed E-state index contributed by atoms with van der Waals surface area (Å²) in [6.07, 6.45) is 4.72. The number of aliphatic imine (C=N–C) groups is 1. The lowest BCUT2D eigenvalue weighted by Gasteiger charge is -2.22. The van der Waals surface area contributed by atoms with Gasteiger partial charge in [0.05, 0.1) is 12.3 Å². The first-order valence-electron chi connectivity index (χ1n) is 7.50. The second-order valence-corrected chi connectivity index (χ2v) is 5.50. The van der Waals surface area contributed by atoms with Crippen LogP contribution in [0.2, 0.25) is 0 Å². The van der Waals surface area contributed by atoms with E-state index >= 15 is 0 Å². The fourth-order valence-corrected chi connectivity index (χ4v) is 2.90. The monoisotopic (exact) mass is 300 g/mol. The Morgan fingerprint density at radius 3 is 2.73 bits per heavy atom. The minimum Gasteiger partial charge on any atom is -0.490 e. The van der Waals surface area contributed by atoms with Gasteiger partial charge in [0.2, 0.25) is 0 Å². The van der Waals surface area contributed by atoms with Gasteiger partial charge in [0, 0.05) is 30.6 Å². The highest BCUT2D eigenvalue weighted by molar-refractivity contribution is 6.04. The van der Waals surface area contributed by atoms with E-state index < -0.39 is 5.91 Å². The molecule has 0 radical (unpaired) electrons. The SMILES string of the molecule is NC(N)=NC(=O)C1=Cc2cccc(N3CCCC3)c2OCC1. The lowest BCUT2D eigenvalue weighted by atomic mass is 10.1. The molecule has 2 heterocycles. The predicted octanol–water partition coefficient (Wildman–Crippen LogP) is 1.25. The number of carbonyl (C=O) groups is 1. The summed E-state index contributed by atoms with van der Waals surface area (Å²) < 4.78 is 5.92. The number of amides is 1. The molecular weight excluding hydrogens is 280 g/mol. The summed E-state index contributed by atoms with van der Waals surface area (Å²) >= 11 is 0. The molecule has 4 N–H and O–H groups in total. The van der Waals surface area contributed by atoms with Gasteiger partial charge in [-0.05, 0) is 25.0 Å². The largest absolute Gasteiger partial charge is 0.490 e. The van der Waals surface area contributed by atoms with Gasteiger partial charge in [-0.1, -0.05) is 12.1 Å². The molecular formula is C16H20N4O2. The lowest BCUT2D eigenvalue weighted by Crippen LogP contribution is -2.24. The molecule has 0 atom stereocenters. The normalized spacial score (nSPS) is 17.1. The van der Waals surface area contributed by atoms with E-state index in [9.17, 15) is 4.79 Å². The van der Waals surface area contributed by atoms with E-state index in [0.29, 0.717) is 18.6 Å². The Hall–Kier alpha value is -2.50. The summed E-state index contributed by atoms with van der Waals surface area (Å²) in [4.78, 5) is 18.0. The standard InChI is InChI=1S/C16H20N4O2/c17-16(18)19-15(21)12-6-9-22-14-11(10-12)4-3-5-13(14)20-7-1-2-8-20/h3-5,10H,1-2,6-9H2,(H4,17,18,19,21). The molecule has 0 unspecified atom stereocenters. The predicted molar refractivity (Wildman–Crippen MR) is 86.8 cm³/mol.